The highest BCUT2D eigenvalue weighted by Gasteiger charge is 2.35. The van der Waals surface area contributed by atoms with Crippen molar-refractivity contribution in [3.05, 3.63) is 23.8 Å². The molecule has 1 aromatic carbocycles. The van der Waals surface area contributed by atoms with Gasteiger partial charge in [-0.3, -0.25) is 14.8 Å². The average Bonchev–Trinajstić information content (AvgIpc) is 3.17. The first kappa shape index (κ1) is 23.5. The number of methoxy groups -OCH3 is 2. The van der Waals surface area contributed by atoms with Gasteiger partial charge in [0.15, 0.2) is 5.96 Å². The number of hydrogen-bond donors (Lipinski definition) is 1. The Kier molecular flexibility index (Phi) is 7.88. The van der Waals surface area contributed by atoms with Gasteiger partial charge >= 0.3 is 6.18 Å². The third-order valence-electron chi connectivity index (χ3n) is 5.77. The first-order valence-corrected chi connectivity index (χ1v) is 10.5. The van der Waals surface area contributed by atoms with Crippen LogP contribution in [-0.2, 0) is 6.54 Å². The standard InChI is InChI=1S/C21H32F3N5O2/c1-25-20(26-17-6-7-28(14-17)15-21(22,23)24)29-10-8-27(9-11-29)13-16-12-18(30-2)4-5-19(16)31-3/h4-5,12,17H,6-11,13-15H2,1-3H3,(H,25,26). The van der Waals surface area contributed by atoms with Crippen LogP contribution in [0.15, 0.2) is 23.2 Å². The number of aliphatic imine (C=N–C) groups is 1. The van der Waals surface area contributed by atoms with Crippen LogP contribution in [0.25, 0.3) is 0 Å². The molecule has 1 N–H and O–H groups in total. The van der Waals surface area contributed by atoms with Crippen LogP contribution in [0.2, 0.25) is 0 Å². The number of nitrogens with zero attached hydrogens (tertiary/aromatic N) is 4. The Balaban J connectivity index is 1.50. The Morgan fingerprint density at radius 3 is 2.45 bits per heavy atom. The summed E-state index contributed by atoms with van der Waals surface area (Å²) in [6.45, 7) is 4.04. The molecule has 0 bridgehead atoms. The first-order valence-electron chi connectivity index (χ1n) is 10.5. The zero-order chi connectivity index (χ0) is 22.4. The van der Waals surface area contributed by atoms with Gasteiger partial charge in [-0.05, 0) is 24.6 Å². The van der Waals surface area contributed by atoms with Crippen molar-refractivity contribution >= 4 is 5.96 Å². The molecule has 0 radical (unpaired) electrons. The van der Waals surface area contributed by atoms with E-state index in [1.165, 1.54) is 4.90 Å². The normalized spacial score (nSPS) is 21.4. The lowest BCUT2D eigenvalue weighted by atomic mass is 10.1. The van der Waals surface area contributed by atoms with E-state index >= 15 is 0 Å². The van der Waals surface area contributed by atoms with Crippen molar-refractivity contribution in [1.82, 2.24) is 20.0 Å². The Hall–Kier alpha value is -2.20. The maximum absolute atomic E-state index is 12.6. The van der Waals surface area contributed by atoms with Gasteiger partial charge < -0.3 is 19.7 Å². The predicted octanol–water partition coefficient (Wildman–Crippen LogP) is 2.03. The second-order valence-electron chi connectivity index (χ2n) is 7.97. The molecule has 0 aliphatic carbocycles. The Labute approximate surface area is 181 Å². The van der Waals surface area contributed by atoms with Crippen LogP contribution in [0.3, 0.4) is 0 Å². The van der Waals surface area contributed by atoms with E-state index in [0.29, 0.717) is 19.5 Å². The van der Waals surface area contributed by atoms with Gasteiger partial charge in [-0.15, -0.1) is 0 Å². The van der Waals surface area contributed by atoms with E-state index in [9.17, 15) is 13.2 Å². The molecule has 2 fully saturated rings. The van der Waals surface area contributed by atoms with Crippen LogP contribution >= 0.6 is 0 Å². The quantitative estimate of drug-likeness (QED) is 0.537. The molecular weight excluding hydrogens is 411 g/mol. The predicted molar refractivity (Wildman–Crippen MR) is 114 cm³/mol. The van der Waals surface area contributed by atoms with Gasteiger partial charge in [0.1, 0.15) is 11.5 Å². The molecular formula is C21H32F3N5O2. The third-order valence-corrected chi connectivity index (χ3v) is 5.77. The number of benzene rings is 1. The molecule has 1 unspecified atom stereocenters. The molecule has 1 aromatic rings. The zero-order valence-electron chi connectivity index (χ0n) is 18.4. The van der Waals surface area contributed by atoms with Gasteiger partial charge in [0.2, 0.25) is 0 Å². The van der Waals surface area contributed by atoms with Crippen LogP contribution in [0.4, 0.5) is 13.2 Å². The number of piperazine rings is 1. The van der Waals surface area contributed by atoms with Crippen LogP contribution in [0.5, 0.6) is 11.5 Å². The smallest absolute Gasteiger partial charge is 0.401 e. The highest BCUT2D eigenvalue weighted by atomic mass is 19.4. The number of rotatable bonds is 6. The minimum absolute atomic E-state index is 0.0138. The molecule has 2 aliphatic heterocycles. The number of likely N-dealkylation sites (tertiary alicyclic amines) is 1. The fourth-order valence-electron chi connectivity index (χ4n) is 4.19. The maximum atomic E-state index is 12.6. The topological polar surface area (TPSA) is 52.6 Å². The first-order chi connectivity index (χ1) is 14.8. The molecule has 31 heavy (non-hydrogen) atoms. The summed E-state index contributed by atoms with van der Waals surface area (Å²) in [6, 6.07) is 5.78. The van der Waals surface area contributed by atoms with Gasteiger partial charge in [0.05, 0.1) is 20.8 Å². The fourth-order valence-corrected chi connectivity index (χ4v) is 4.19. The molecule has 2 saturated heterocycles. The minimum atomic E-state index is -4.15. The van der Waals surface area contributed by atoms with Crippen LogP contribution in [0.1, 0.15) is 12.0 Å². The monoisotopic (exact) mass is 443 g/mol. The van der Waals surface area contributed by atoms with E-state index in [1.54, 1.807) is 21.3 Å². The van der Waals surface area contributed by atoms with E-state index in [-0.39, 0.29) is 6.04 Å². The number of hydrogen-bond acceptors (Lipinski definition) is 5. The zero-order valence-corrected chi connectivity index (χ0v) is 18.4. The molecule has 7 nitrogen and oxygen atoms in total. The van der Waals surface area contributed by atoms with Gasteiger partial charge in [0.25, 0.3) is 0 Å². The maximum Gasteiger partial charge on any atom is 0.401 e. The molecule has 1 atom stereocenters. The molecule has 0 spiro atoms. The number of ether oxygens (including phenoxy) is 2. The lowest BCUT2D eigenvalue weighted by molar-refractivity contribution is -0.143. The number of alkyl halides is 3. The lowest BCUT2D eigenvalue weighted by Gasteiger charge is -2.37. The van der Waals surface area contributed by atoms with Crippen molar-refractivity contribution in [2.45, 2.75) is 25.2 Å². The summed E-state index contributed by atoms with van der Waals surface area (Å²) in [5.41, 5.74) is 1.08. The van der Waals surface area contributed by atoms with Crippen molar-refractivity contribution in [3.63, 3.8) is 0 Å². The molecule has 0 aromatic heterocycles. The van der Waals surface area contributed by atoms with E-state index < -0.39 is 12.7 Å². The Morgan fingerprint density at radius 1 is 1.10 bits per heavy atom. The van der Waals surface area contributed by atoms with E-state index in [0.717, 1.165) is 55.7 Å². The van der Waals surface area contributed by atoms with Crippen molar-refractivity contribution in [2.75, 3.05) is 67.1 Å². The molecule has 10 heteroatoms. The molecule has 174 valence electrons. The number of nitrogens with one attached hydrogen (secondary N) is 1. The highest BCUT2D eigenvalue weighted by molar-refractivity contribution is 5.80. The summed E-state index contributed by atoms with van der Waals surface area (Å²) < 4.78 is 48.7. The fraction of sp³-hybridized carbons (Fsp3) is 0.667. The van der Waals surface area contributed by atoms with Gasteiger partial charge in [-0.25, -0.2) is 0 Å². The van der Waals surface area contributed by atoms with E-state index in [2.05, 4.69) is 20.1 Å². The van der Waals surface area contributed by atoms with E-state index in [1.807, 2.05) is 18.2 Å². The van der Waals surface area contributed by atoms with Crippen molar-refractivity contribution in [2.24, 2.45) is 4.99 Å². The summed E-state index contributed by atoms with van der Waals surface area (Å²) in [7, 11) is 5.03. The largest absolute Gasteiger partial charge is 0.497 e. The minimum Gasteiger partial charge on any atom is -0.497 e. The molecule has 0 amide bonds. The van der Waals surface area contributed by atoms with Crippen LogP contribution in [-0.4, -0.2) is 100.0 Å². The van der Waals surface area contributed by atoms with Crippen molar-refractivity contribution in [1.29, 1.82) is 0 Å². The number of halogens is 3. The molecule has 2 heterocycles. The van der Waals surface area contributed by atoms with Gasteiger partial charge in [-0.1, -0.05) is 0 Å². The Bertz CT molecular complexity index is 751. The summed E-state index contributed by atoms with van der Waals surface area (Å²) in [6.07, 6.45) is -3.47. The van der Waals surface area contributed by atoms with Crippen molar-refractivity contribution in [3.8, 4) is 11.5 Å². The summed E-state index contributed by atoms with van der Waals surface area (Å²) in [5.74, 6) is 2.40. The summed E-state index contributed by atoms with van der Waals surface area (Å²) >= 11 is 0. The summed E-state index contributed by atoms with van der Waals surface area (Å²) in [4.78, 5) is 10.3. The van der Waals surface area contributed by atoms with E-state index in [4.69, 9.17) is 9.47 Å². The third kappa shape index (κ3) is 6.64. The average molecular weight is 444 g/mol. The second kappa shape index (κ2) is 10.4. The van der Waals surface area contributed by atoms with Crippen LogP contribution < -0.4 is 14.8 Å². The Morgan fingerprint density at radius 2 is 1.84 bits per heavy atom. The summed E-state index contributed by atoms with van der Waals surface area (Å²) in [5, 5.41) is 3.36. The van der Waals surface area contributed by atoms with Gasteiger partial charge in [-0.2, -0.15) is 13.2 Å². The molecule has 2 aliphatic rings. The van der Waals surface area contributed by atoms with Crippen molar-refractivity contribution < 1.29 is 22.6 Å². The van der Waals surface area contributed by atoms with Gasteiger partial charge in [0, 0.05) is 64.5 Å². The molecule has 0 saturated carbocycles. The number of guanidine groups is 1. The molecule has 3 rings (SSSR count). The second-order valence-corrected chi connectivity index (χ2v) is 7.97. The lowest BCUT2D eigenvalue weighted by Crippen LogP contribution is -2.54. The van der Waals surface area contributed by atoms with Crippen LogP contribution in [0, 0.1) is 0 Å². The highest BCUT2D eigenvalue weighted by Crippen LogP contribution is 2.26. The SMILES string of the molecule is CN=C(NC1CCN(CC(F)(F)F)C1)N1CCN(Cc2cc(OC)ccc2OC)CC1.